The van der Waals surface area contributed by atoms with Gasteiger partial charge in [-0.3, -0.25) is 9.97 Å². The molecule has 0 amide bonds. The predicted octanol–water partition coefficient (Wildman–Crippen LogP) is -2.24. The van der Waals surface area contributed by atoms with Gasteiger partial charge in [0.05, 0.1) is 30.2 Å². The summed E-state index contributed by atoms with van der Waals surface area (Å²) in [6.45, 7) is 1.03. The number of hydrogen-bond donors (Lipinski definition) is 5. The van der Waals surface area contributed by atoms with Gasteiger partial charge in [0, 0.05) is 24.7 Å². The SMILES string of the molecule is CC(c1cnc(CC(O)C(O)CO)cn1)C(O)C(O)C=O. The van der Waals surface area contributed by atoms with E-state index >= 15 is 0 Å². The summed E-state index contributed by atoms with van der Waals surface area (Å²) >= 11 is 0. The Hall–Kier alpha value is -1.45. The van der Waals surface area contributed by atoms with E-state index in [-0.39, 0.29) is 12.7 Å². The monoisotopic (exact) mass is 300 g/mol. The maximum absolute atomic E-state index is 10.4. The molecule has 0 aromatic carbocycles. The van der Waals surface area contributed by atoms with Gasteiger partial charge in [-0.2, -0.15) is 0 Å². The van der Waals surface area contributed by atoms with Crippen molar-refractivity contribution in [2.75, 3.05) is 6.61 Å². The second kappa shape index (κ2) is 8.11. The number of carbonyl (C=O) groups is 1. The van der Waals surface area contributed by atoms with Gasteiger partial charge in [-0.05, 0) is 0 Å². The third kappa shape index (κ3) is 4.80. The van der Waals surface area contributed by atoms with E-state index in [9.17, 15) is 25.2 Å². The second-order valence-electron chi connectivity index (χ2n) is 4.86. The Morgan fingerprint density at radius 3 is 2.29 bits per heavy atom. The fourth-order valence-electron chi connectivity index (χ4n) is 1.73. The van der Waals surface area contributed by atoms with E-state index in [4.69, 9.17) is 5.11 Å². The number of aliphatic hydroxyl groups is 5. The predicted molar refractivity (Wildman–Crippen MR) is 71.3 cm³/mol. The number of carbonyl (C=O) groups excluding carboxylic acids is 1. The number of aliphatic hydroxyl groups excluding tert-OH is 5. The molecule has 5 N–H and O–H groups in total. The Labute approximate surface area is 121 Å². The summed E-state index contributed by atoms with van der Waals surface area (Å²) in [6, 6.07) is 0. The zero-order chi connectivity index (χ0) is 16.0. The molecule has 0 saturated carbocycles. The molecule has 21 heavy (non-hydrogen) atoms. The van der Waals surface area contributed by atoms with Gasteiger partial charge in [0.2, 0.25) is 0 Å². The van der Waals surface area contributed by atoms with Crippen molar-refractivity contribution in [3.8, 4) is 0 Å². The topological polar surface area (TPSA) is 144 Å². The van der Waals surface area contributed by atoms with Gasteiger partial charge in [-0.1, -0.05) is 6.92 Å². The zero-order valence-electron chi connectivity index (χ0n) is 11.6. The lowest BCUT2D eigenvalue weighted by molar-refractivity contribution is -0.120. The smallest absolute Gasteiger partial charge is 0.151 e. The molecule has 0 aliphatic rings. The first-order chi connectivity index (χ1) is 9.90. The Morgan fingerprint density at radius 1 is 1.14 bits per heavy atom. The third-order valence-corrected chi connectivity index (χ3v) is 3.24. The number of nitrogens with zero attached hydrogens (tertiary/aromatic N) is 2. The van der Waals surface area contributed by atoms with Gasteiger partial charge in [-0.25, -0.2) is 0 Å². The lowest BCUT2D eigenvalue weighted by atomic mass is 9.97. The van der Waals surface area contributed by atoms with Crippen molar-refractivity contribution in [1.82, 2.24) is 9.97 Å². The molecule has 8 nitrogen and oxygen atoms in total. The normalized spacial score (nSPS) is 18.6. The summed E-state index contributed by atoms with van der Waals surface area (Å²) in [6.07, 6.45) is -2.21. The Balaban J connectivity index is 2.71. The molecule has 1 aromatic rings. The average molecular weight is 300 g/mol. The Kier molecular flexibility index (Phi) is 6.79. The molecule has 1 rings (SSSR count). The highest BCUT2D eigenvalue weighted by Gasteiger charge is 2.25. The molecule has 0 aliphatic carbocycles. The third-order valence-electron chi connectivity index (χ3n) is 3.24. The average Bonchev–Trinajstić information content (AvgIpc) is 2.52. The van der Waals surface area contributed by atoms with E-state index in [1.807, 2.05) is 0 Å². The van der Waals surface area contributed by atoms with Crippen LogP contribution in [0.2, 0.25) is 0 Å². The van der Waals surface area contributed by atoms with Crippen molar-refractivity contribution in [3.63, 3.8) is 0 Å². The lowest BCUT2D eigenvalue weighted by Crippen LogP contribution is -2.33. The summed E-state index contributed by atoms with van der Waals surface area (Å²) in [7, 11) is 0. The molecule has 0 aliphatic heterocycles. The number of aldehydes is 1. The van der Waals surface area contributed by atoms with Crippen LogP contribution in [-0.4, -0.2) is 72.8 Å². The van der Waals surface area contributed by atoms with Gasteiger partial charge in [0.15, 0.2) is 6.29 Å². The molecule has 0 bridgehead atoms. The van der Waals surface area contributed by atoms with Crippen LogP contribution in [0.25, 0.3) is 0 Å². The molecule has 0 saturated heterocycles. The molecule has 1 heterocycles. The molecule has 0 radical (unpaired) electrons. The van der Waals surface area contributed by atoms with Crippen molar-refractivity contribution in [2.45, 2.75) is 43.7 Å². The molecule has 5 unspecified atom stereocenters. The molecular weight excluding hydrogens is 280 g/mol. The largest absolute Gasteiger partial charge is 0.394 e. The first-order valence-electron chi connectivity index (χ1n) is 6.50. The van der Waals surface area contributed by atoms with Crippen LogP contribution < -0.4 is 0 Å². The first kappa shape index (κ1) is 17.6. The second-order valence-corrected chi connectivity index (χ2v) is 4.86. The van der Waals surface area contributed by atoms with Crippen LogP contribution >= 0.6 is 0 Å². The molecule has 0 spiro atoms. The Bertz CT molecular complexity index is 441. The Morgan fingerprint density at radius 2 is 1.81 bits per heavy atom. The lowest BCUT2D eigenvalue weighted by Gasteiger charge is -2.20. The van der Waals surface area contributed by atoms with Crippen molar-refractivity contribution in [1.29, 1.82) is 0 Å². The maximum Gasteiger partial charge on any atom is 0.151 e. The van der Waals surface area contributed by atoms with Crippen LogP contribution in [0.1, 0.15) is 24.2 Å². The summed E-state index contributed by atoms with van der Waals surface area (Å²) in [5.74, 6) is -0.597. The van der Waals surface area contributed by atoms with Crippen LogP contribution in [0.3, 0.4) is 0 Å². The minimum Gasteiger partial charge on any atom is -0.394 e. The van der Waals surface area contributed by atoms with Crippen molar-refractivity contribution in [2.24, 2.45) is 0 Å². The van der Waals surface area contributed by atoms with Gasteiger partial charge >= 0.3 is 0 Å². The summed E-state index contributed by atoms with van der Waals surface area (Å²) in [5, 5.41) is 46.5. The highest BCUT2D eigenvalue weighted by molar-refractivity contribution is 5.56. The van der Waals surface area contributed by atoms with E-state index in [1.165, 1.54) is 12.4 Å². The molecule has 1 aromatic heterocycles. The van der Waals surface area contributed by atoms with Crippen LogP contribution in [0.5, 0.6) is 0 Å². The van der Waals surface area contributed by atoms with E-state index in [1.54, 1.807) is 6.92 Å². The molecule has 0 fully saturated rings. The summed E-state index contributed by atoms with van der Waals surface area (Å²) < 4.78 is 0. The fourth-order valence-corrected chi connectivity index (χ4v) is 1.73. The van der Waals surface area contributed by atoms with Gasteiger partial charge in [0.1, 0.15) is 12.2 Å². The minimum absolute atomic E-state index is 0.0168. The molecule has 5 atom stereocenters. The summed E-state index contributed by atoms with van der Waals surface area (Å²) in [5.41, 5.74) is 0.778. The van der Waals surface area contributed by atoms with Gasteiger partial charge in [-0.15, -0.1) is 0 Å². The van der Waals surface area contributed by atoms with Crippen LogP contribution in [0.15, 0.2) is 12.4 Å². The minimum atomic E-state index is -1.50. The van der Waals surface area contributed by atoms with E-state index in [0.717, 1.165) is 0 Å². The highest BCUT2D eigenvalue weighted by atomic mass is 16.4. The summed E-state index contributed by atoms with van der Waals surface area (Å²) in [4.78, 5) is 18.5. The van der Waals surface area contributed by atoms with Crippen LogP contribution in [-0.2, 0) is 11.2 Å². The quantitative estimate of drug-likeness (QED) is 0.339. The molecule has 8 heteroatoms. The standard InChI is InChI=1S/C13H20N2O6/c1-7(13(21)12(20)6-17)9-4-14-8(3-15-9)2-10(18)11(19)5-16/h3-4,6-7,10-13,16,18-21H,2,5H2,1H3. The molecule has 118 valence electrons. The van der Waals surface area contributed by atoms with Crippen LogP contribution in [0.4, 0.5) is 0 Å². The van der Waals surface area contributed by atoms with Crippen molar-refractivity contribution < 1.29 is 30.3 Å². The first-order valence-corrected chi connectivity index (χ1v) is 6.50. The highest BCUT2D eigenvalue weighted by Crippen LogP contribution is 2.18. The van der Waals surface area contributed by atoms with E-state index < -0.39 is 36.9 Å². The van der Waals surface area contributed by atoms with Gasteiger partial charge < -0.3 is 30.3 Å². The van der Waals surface area contributed by atoms with Crippen LogP contribution in [0, 0.1) is 0 Å². The maximum atomic E-state index is 10.4. The van der Waals surface area contributed by atoms with E-state index in [2.05, 4.69) is 9.97 Å². The van der Waals surface area contributed by atoms with E-state index in [0.29, 0.717) is 11.4 Å². The fraction of sp³-hybridized carbons (Fsp3) is 0.615. The number of aromatic nitrogens is 2. The van der Waals surface area contributed by atoms with Crippen molar-refractivity contribution in [3.05, 3.63) is 23.8 Å². The number of rotatable bonds is 8. The zero-order valence-corrected chi connectivity index (χ0v) is 11.6. The van der Waals surface area contributed by atoms with Gasteiger partial charge in [0.25, 0.3) is 0 Å². The van der Waals surface area contributed by atoms with Crippen molar-refractivity contribution >= 4 is 6.29 Å². The number of hydrogen-bond acceptors (Lipinski definition) is 8. The molecular formula is C13H20N2O6.